The van der Waals surface area contributed by atoms with Crippen LogP contribution in [-0.4, -0.2) is 22.4 Å². The first-order chi connectivity index (χ1) is 13.0. The lowest BCUT2D eigenvalue weighted by molar-refractivity contribution is -0.118. The van der Waals surface area contributed by atoms with Crippen molar-refractivity contribution in [3.05, 3.63) is 72.8 Å². The molecule has 0 aliphatic carbocycles. The molecule has 2 aromatic carbocycles. The Morgan fingerprint density at radius 1 is 1.15 bits per heavy atom. The van der Waals surface area contributed by atoms with Gasteiger partial charge in [-0.15, -0.1) is 0 Å². The largest absolute Gasteiger partial charge is 0.369 e. The van der Waals surface area contributed by atoms with Crippen LogP contribution in [0.3, 0.4) is 0 Å². The van der Waals surface area contributed by atoms with Crippen molar-refractivity contribution in [3.8, 4) is 0 Å². The average molecular weight is 364 g/mol. The molecule has 1 heterocycles. The minimum absolute atomic E-state index is 0.168. The molecule has 0 radical (unpaired) electrons. The molecule has 1 unspecified atom stereocenters. The SMILES string of the molecule is C=C(CCNc1ncnc2ccccc12)C(C)C(=O)Nc1ccc(F)cc1. The maximum Gasteiger partial charge on any atom is 0.231 e. The van der Waals surface area contributed by atoms with E-state index in [1.807, 2.05) is 24.3 Å². The van der Waals surface area contributed by atoms with Gasteiger partial charge < -0.3 is 10.6 Å². The van der Waals surface area contributed by atoms with E-state index in [1.165, 1.54) is 30.6 Å². The summed E-state index contributed by atoms with van der Waals surface area (Å²) < 4.78 is 12.9. The van der Waals surface area contributed by atoms with Crippen LogP contribution in [0.5, 0.6) is 0 Å². The standard InChI is InChI=1S/C21H21FN4O/c1-14(15(2)21(27)26-17-9-7-16(22)8-10-17)11-12-23-20-18-5-3-4-6-19(18)24-13-25-20/h3-10,13,15H,1,11-12H2,2H3,(H,26,27)(H,23,24,25). The van der Waals surface area contributed by atoms with Gasteiger partial charge in [0.2, 0.25) is 5.91 Å². The number of hydrogen-bond donors (Lipinski definition) is 2. The number of amides is 1. The number of carbonyl (C=O) groups excluding carboxylic acids is 1. The average Bonchev–Trinajstić information content (AvgIpc) is 2.69. The highest BCUT2D eigenvalue weighted by Crippen LogP contribution is 2.20. The molecule has 0 saturated heterocycles. The number of hydrogen-bond acceptors (Lipinski definition) is 4. The van der Waals surface area contributed by atoms with E-state index in [2.05, 4.69) is 27.2 Å². The van der Waals surface area contributed by atoms with Crippen LogP contribution in [0.1, 0.15) is 13.3 Å². The smallest absolute Gasteiger partial charge is 0.231 e. The summed E-state index contributed by atoms with van der Waals surface area (Å²) in [4.78, 5) is 20.9. The second-order valence-corrected chi connectivity index (χ2v) is 6.29. The molecule has 1 atom stereocenters. The molecule has 2 N–H and O–H groups in total. The highest BCUT2D eigenvalue weighted by molar-refractivity contribution is 5.94. The number of rotatable bonds is 7. The Morgan fingerprint density at radius 3 is 2.67 bits per heavy atom. The van der Waals surface area contributed by atoms with Crippen molar-refractivity contribution in [2.24, 2.45) is 5.92 Å². The molecule has 0 bridgehead atoms. The first-order valence-corrected chi connectivity index (χ1v) is 8.72. The van der Waals surface area contributed by atoms with Crippen LogP contribution in [0.25, 0.3) is 10.9 Å². The van der Waals surface area contributed by atoms with Crippen molar-refractivity contribution in [2.45, 2.75) is 13.3 Å². The van der Waals surface area contributed by atoms with Gasteiger partial charge in [-0.05, 0) is 49.7 Å². The van der Waals surface area contributed by atoms with Gasteiger partial charge in [-0.2, -0.15) is 0 Å². The van der Waals surface area contributed by atoms with Crippen molar-refractivity contribution >= 4 is 28.3 Å². The minimum Gasteiger partial charge on any atom is -0.369 e. The van der Waals surface area contributed by atoms with Gasteiger partial charge >= 0.3 is 0 Å². The van der Waals surface area contributed by atoms with Crippen LogP contribution in [-0.2, 0) is 4.79 Å². The van der Waals surface area contributed by atoms with Gasteiger partial charge in [-0.25, -0.2) is 14.4 Å². The summed E-state index contributed by atoms with van der Waals surface area (Å²) in [5.41, 5.74) is 2.24. The highest BCUT2D eigenvalue weighted by atomic mass is 19.1. The lowest BCUT2D eigenvalue weighted by atomic mass is 9.99. The first kappa shape index (κ1) is 18.5. The number of fused-ring (bicyclic) bond motifs is 1. The normalized spacial score (nSPS) is 11.8. The first-order valence-electron chi connectivity index (χ1n) is 8.72. The topological polar surface area (TPSA) is 66.9 Å². The summed E-state index contributed by atoms with van der Waals surface area (Å²) in [7, 11) is 0. The Morgan fingerprint density at radius 2 is 1.89 bits per heavy atom. The molecule has 0 fully saturated rings. The van der Waals surface area contributed by atoms with Crippen LogP contribution in [0, 0.1) is 11.7 Å². The molecule has 5 nitrogen and oxygen atoms in total. The number of para-hydroxylation sites is 1. The summed E-state index contributed by atoms with van der Waals surface area (Å²) in [5, 5.41) is 7.01. The number of nitrogens with zero attached hydrogens (tertiary/aromatic N) is 2. The monoisotopic (exact) mass is 364 g/mol. The van der Waals surface area contributed by atoms with E-state index in [9.17, 15) is 9.18 Å². The summed E-state index contributed by atoms with van der Waals surface area (Å²) in [6.45, 7) is 6.44. The van der Waals surface area contributed by atoms with Crippen LogP contribution in [0.15, 0.2) is 67.0 Å². The van der Waals surface area contributed by atoms with Crippen LogP contribution >= 0.6 is 0 Å². The highest BCUT2D eigenvalue weighted by Gasteiger charge is 2.16. The Kier molecular flexibility index (Phi) is 5.76. The quantitative estimate of drug-likeness (QED) is 0.610. The zero-order valence-corrected chi connectivity index (χ0v) is 15.1. The van der Waals surface area contributed by atoms with Gasteiger partial charge in [-0.1, -0.05) is 24.3 Å². The second-order valence-electron chi connectivity index (χ2n) is 6.29. The van der Waals surface area contributed by atoms with Gasteiger partial charge in [0, 0.05) is 17.6 Å². The molecular weight excluding hydrogens is 343 g/mol. The fourth-order valence-corrected chi connectivity index (χ4v) is 2.67. The number of aromatic nitrogens is 2. The van der Waals surface area contributed by atoms with E-state index in [-0.39, 0.29) is 17.6 Å². The molecular formula is C21H21FN4O. The number of halogens is 1. The van der Waals surface area contributed by atoms with Crippen molar-refractivity contribution in [3.63, 3.8) is 0 Å². The van der Waals surface area contributed by atoms with Crippen LogP contribution in [0.2, 0.25) is 0 Å². The maximum absolute atomic E-state index is 12.9. The summed E-state index contributed by atoms with van der Waals surface area (Å²) in [5.74, 6) is -0.108. The van der Waals surface area contributed by atoms with Crippen LogP contribution in [0.4, 0.5) is 15.9 Å². The van der Waals surface area contributed by atoms with E-state index in [1.54, 1.807) is 6.92 Å². The van der Waals surface area contributed by atoms with E-state index >= 15 is 0 Å². The summed E-state index contributed by atoms with van der Waals surface area (Å²) in [6.07, 6.45) is 2.15. The fraction of sp³-hybridized carbons (Fsp3) is 0.190. The number of anilines is 2. The fourth-order valence-electron chi connectivity index (χ4n) is 2.67. The molecule has 0 aliphatic heterocycles. The molecule has 138 valence electrons. The molecule has 0 aliphatic rings. The van der Waals surface area contributed by atoms with Crippen molar-refractivity contribution in [1.82, 2.24) is 9.97 Å². The summed E-state index contributed by atoms with van der Waals surface area (Å²) >= 11 is 0. The van der Waals surface area contributed by atoms with Crippen molar-refractivity contribution in [2.75, 3.05) is 17.2 Å². The summed E-state index contributed by atoms with van der Waals surface area (Å²) in [6, 6.07) is 13.5. The molecule has 0 spiro atoms. The third-order valence-corrected chi connectivity index (χ3v) is 4.40. The number of benzene rings is 2. The minimum atomic E-state index is -0.362. The molecule has 0 saturated carbocycles. The zero-order chi connectivity index (χ0) is 19.2. The van der Waals surface area contributed by atoms with Crippen molar-refractivity contribution in [1.29, 1.82) is 0 Å². The van der Waals surface area contributed by atoms with Gasteiger partial charge in [0.15, 0.2) is 0 Å². The lowest BCUT2D eigenvalue weighted by Gasteiger charge is -2.16. The third kappa shape index (κ3) is 4.67. The van der Waals surface area contributed by atoms with E-state index in [0.717, 1.165) is 22.3 Å². The van der Waals surface area contributed by atoms with E-state index < -0.39 is 0 Å². The molecule has 27 heavy (non-hydrogen) atoms. The second kappa shape index (κ2) is 8.40. The number of nitrogens with one attached hydrogen (secondary N) is 2. The molecule has 3 rings (SSSR count). The Balaban J connectivity index is 1.53. The van der Waals surface area contributed by atoms with Gasteiger partial charge in [0.1, 0.15) is 18.0 Å². The molecule has 1 amide bonds. The van der Waals surface area contributed by atoms with Gasteiger partial charge in [0.05, 0.1) is 11.4 Å². The lowest BCUT2D eigenvalue weighted by Crippen LogP contribution is -2.22. The maximum atomic E-state index is 12.9. The van der Waals surface area contributed by atoms with Crippen LogP contribution < -0.4 is 10.6 Å². The number of carbonyl (C=O) groups is 1. The Hall–Kier alpha value is -3.28. The molecule has 3 aromatic rings. The van der Waals surface area contributed by atoms with E-state index in [4.69, 9.17) is 0 Å². The van der Waals surface area contributed by atoms with E-state index in [0.29, 0.717) is 18.7 Å². The zero-order valence-electron chi connectivity index (χ0n) is 15.1. The van der Waals surface area contributed by atoms with Crippen molar-refractivity contribution < 1.29 is 9.18 Å². The van der Waals surface area contributed by atoms with Gasteiger partial charge in [-0.3, -0.25) is 4.79 Å². The molecule has 6 heteroatoms. The molecule has 1 aromatic heterocycles. The Bertz CT molecular complexity index is 951. The predicted molar refractivity (Wildman–Crippen MR) is 106 cm³/mol. The predicted octanol–water partition coefficient (Wildman–Crippen LogP) is 4.40. The van der Waals surface area contributed by atoms with Gasteiger partial charge in [0.25, 0.3) is 0 Å². The third-order valence-electron chi connectivity index (χ3n) is 4.40. The Labute approximate surface area is 157 Å².